The maximum atomic E-state index is 10.9. The largest absolute Gasteiger partial charge is 0.507 e. The van der Waals surface area contributed by atoms with Gasteiger partial charge in [0.15, 0.2) is 6.79 Å². The molecule has 2 N–H and O–H groups in total. The molecule has 4 heteroatoms. The highest BCUT2D eigenvalue weighted by Gasteiger charge is 2.10. The number of aliphatic hydroxyl groups excluding tert-OH is 1. The number of aromatic hydroxyl groups is 1. The van der Waals surface area contributed by atoms with Gasteiger partial charge in [0.25, 0.3) is 0 Å². The van der Waals surface area contributed by atoms with Crippen molar-refractivity contribution in [1.82, 2.24) is 0 Å². The molecule has 0 aromatic heterocycles. The summed E-state index contributed by atoms with van der Waals surface area (Å²) in [5.74, 6) is -0.897. The van der Waals surface area contributed by atoms with Gasteiger partial charge in [-0.2, -0.15) is 0 Å². The molecule has 0 radical (unpaired) electrons. The van der Waals surface area contributed by atoms with Gasteiger partial charge in [0.2, 0.25) is 0 Å². The van der Waals surface area contributed by atoms with Crippen molar-refractivity contribution in [3.8, 4) is 5.75 Å². The lowest BCUT2D eigenvalue weighted by Crippen LogP contribution is -2.05. The fraction of sp³-hybridized carbons (Fsp3) is 0.125. The Balaban J connectivity index is 2.87. The molecule has 0 atom stereocenters. The second-order valence-corrected chi connectivity index (χ2v) is 2.08. The van der Waals surface area contributed by atoms with Gasteiger partial charge in [-0.05, 0) is 12.1 Å². The molecule has 0 fully saturated rings. The highest BCUT2D eigenvalue weighted by Crippen LogP contribution is 2.15. The van der Waals surface area contributed by atoms with Crippen LogP contribution in [-0.2, 0) is 4.74 Å². The Morgan fingerprint density at radius 2 is 2.08 bits per heavy atom. The van der Waals surface area contributed by atoms with Crippen LogP contribution in [-0.4, -0.2) is 23.0 Å². The number of hydrogen-bond donors (Lipinski definition) is 2. The number of carbonyl (C=O) groups is 1. The van der Waals surface area contributed by atoms with E-state index in [1.54, 1.807) is 12.1 Å². The van der Waals surface area contributed by atoms with Crippen molar-refractivity contribution in [3.05, 3.63) is 29.8 Å². The number of carbonyl (C=O) groups excluding carboxylic acids is 1. The summed E-state index contributed by atoms with van der Waals surface area (Å²) >= 11 is 0. The van der Waals surface area contributed by atoms with Crippen LogP contribution in [0.2, 0.25) is 0 Å². The lowest BCUT2D eigenvalue weighted by molar-refractivity contribution is 0.00660. The van der Waals surface area contributed by atoms with Crippen molar-refractivity contribution in [1.29, 1.82) is 0 Å². The molecular weight excluding hydrogens is 160 g/mol. The number of hydrogen-bond acceptors (Lipinski definition) is 4. The Morgan fingerprint density at radius 3 is 2.67 bits per heavy atom. The third kappa shape index (κ3) is 1.73. The van der Waals surface area contributed by atoms with Crippen LogP contribution in [0.5, 0.6) is 5.75 Å². The zero-order valence-corrected chi connectivity index (χ0v) is 6.23. The molecule has 0 aliphatic carbocycles. The molecular formula is C8H8O4. The number of aliphatic hydroxyl groups is 1. The van der Waals surface area contributed by atoms with E-state index in [4.69, 9.17) is 10.2 Å². The highest BCUT2D eigenvalue weighted by molar-refractivity contribution is 5.92. The number of ether oxygens (including phenoxy) is 1. The van der Waals surface area contributed by atoms with Gasteiger partial charge in [0.05, 0.1) is 0 Å². The van der Waals surface area contributed by atoms with Crippen molar-refractivity contribution in [2.45, 2.75) is 0 Å². The van der Waals surface area contributed by atoms with Crippen LogP contribution in [0.15, 0.2) is 24.3 Å². The molecule has 0 aliphatic heterocycles. The van der Waals surface area contributed by atoms with E-state index in [2.05, 4.69) is 4.74 Å². The molecule has 1 rings (SSSR count). The Labute approximate surface area is 69.0 Å². The zero-order chi connectivity index (χ0) is 8.97. The van der Waals surface area contributed by atoms with Crippen molar-refractivity contribution >= 4 is 5.97 Å². The van der Waals surface area contributed by atoms with Crippen LogP contribution in [0.25, 0.3) is 0 Å². The number of benzene rings is 1. The van der Waals surface area contributed by atoms with Crippen molar-refractivity contribution in [2.75, 3.05) is 6.79 Å². The number of phenolic OH excluding ortho intramolecular Hbond substituents is 1. The first-order chi connectivity index (χ1) is 5.75. The van der Waals surface area contributed by atoms with Crippen molar-refractivity contribution in [3.63, 3.8) is 0 Å². The fourth-order valence-corrected chi connectivity index (χ4v) is 0.783. The predicted octanol–water partition coefficient (Wildman–Crippen LogP) is 0.499. The third-order valence-corrected chi connectivity index (χ3v) is 1.32. The summed E-state index contributed by atoms with van der Waals surface area (Å²) in [4.78, 5) is 10.9. The Kier molecular flexibility index (Phi) is 2.66. The van der Waals surface area contributed by atoms with Crippen LogP contribution in [0, 0.1) is 0 Å². The van der Waals surface area contributed by atoms with E-state index < -0.39 is 12.8 Å². The maximum Gasteiger partial charge on any atom is 0.344 e. The summed E-state index contributed by atoms with van der Waals surface area (Å²) in [6, 6.07) is 5.96. The van der Waals surface area contributed by atoms with Crippen LogP contribution < -0.4 is 0 Å². The quantitative estimate of drug-likeness (QED) is 0.498. The molecule has 0 saturated carbocycles. The Hall–Kier alpha value is -1.55. The predicted molar refractivity (Wildman–Crippen MR) is 40.6 cm³/mol. The first-order valence-electron chi connectivity index (χ1n) is 3.31. The maximum absolute atomic E-state index is 10.9. The van der Waals surface area contributed by atoms with E-state index in [0.717, 1.165) is 0 Å². The first-order valence-corrected chi connectivity index (χ1v) is 3.31. The van der Waals surface area contributed by atoms with Gasteiger partial charge in [-0.3, -0.25) is 0 Å². The van der Waals surface area contributed by atoms with Crippen molar-refractivity contribution in [2.24, 2.45) is 0 Å². The second-order valence-electron chi connectivity index (χ2n) is 2.08. The molecule has 0 heterocycles. The first kappa shape index (κ1) is 8.55. The number of phenols is 1. The van der Waals surface area contributed by atoms with Gasteiger partial charge in [0.1, 0.15) is 11.3 Å². The summed E-state index contributed by atoms with van der Waals surface area (Å²) in [5.41, 5.74) is 0.0477. The van der Waals surface area contributed by atoms with E-state index in [0.29, 0.717) is 0 Å². The highest BCUT2D eigenvalue weighted by atomic mass is 16.6. The van der Waals surface area contributed by atoms with E-state index >= 15 is 0 Å². The number of rotatable bonds is 2. The molecule has 64 valence electrons. The van der Waals surface area contributed by atoms with E-state index in [9.17, 15) is 4.79 Å². The second kappa shape index (κ2) is 3.73. The average molecular weight is 168 g/mol. The minimum Gasteiger partial charge on any atom is -0.507 e. The van der Waals surface area contributed by atoms with Gasteiger partial charge >= 0.3 is 5.97 Å². The van der Waals surface area contributed by atoms with Gasteiger partial charge in [0, 0.05) is 0 Å². The van der Waals surface area contributed by atoms with Gasteiger partial charge in [-0.1, -0.05) is 12.1 Å². The topological polar surface area (TPSA) is 66.8 Å². The molecule has 0 saturated heterocycles. The van der Waals surface area contributed by atoms with E-state index in [-0.39, 0.29) is 11.3 Å². The molecule has 4 nitrogen and oxygen atoms in total. The third-order valence-electron chi connectivity index (χ3n) is 1.32. The SMILES string of the molecule is O=C(OCO)c1ccccc1O. The summed E-state index contributed by atoms with van der Waals surface area (Å²) in [7, 11) is 0. The lowest BCUT2D eigenvalue weighted by atomic mass is 10.2. The minimum atomic E-state index is -0.740. The Bertz CT molecular complexity index is 282. The zero-order valence-electron chi connectivity index (χ0n) is 6.23. The summed E-state index contributed by atoms with van der Waals surface area (Å²) < 4.78 is 4.27. The van der Waals surface area contributed by atoms with Crippen LogP contribution in [0.4, 0.5) is 0 Å². The monoisotopic (exact) mass is 168 g/mol. The standard InChI is InChI=1S/C8H8O4/c9-5-12-8(11)6-3-1-2-4-7(6)10/h1-4,9-10H,5H2. The molecule has 1 aromatic rings. The lowest BCUT2D eigenvalue weighted by Gasteiger charge is -2.01. The molecule has 0 aliphatic rings. The summed E-state index contributed by atoms with van der Waals surface area (Å²) in [5, 5.41) is 17.4. The molecule has 0 amide bonds. The van der Waals surface area contributed by atoms with Gasteiger partial charge in [-0.15, -0.1) is 0 Å². The van der Waals surface area contributed by atoms with Gasteiger partial charge < -0.3 is 14.9 Å². The van der Waals surface area contributed by atoms with Crippen LogP contribution in [0.1, 0.15) is 10.4 Å². The molecule has 1 aromatic carbocycles. The molecule has 0 spiro atoms. The summed E-state index contributed by atoms with van der Waals surface area (Å²) in [6.07, 6.45) is 0. The van der Waals surface area contributed by atoms with E-state index in [1.165, 1.54) is 12.1 Å². The number of para-hydroxylation sites is 1. The van der Waals surface area contributed by atoms with E-state index in [1.807, 2.05) is 0 Å². The van der Waals surface area contributed by atoms with Crippen molar-refractivity contribution < 1.29 is 19.7 Å². The van der Waals surface area contributed by atoms with Crippen LogP contribution in [0.3, 0.4) is 0 Å². The smallest absolute Gasteiger partial charge is 0.344 e. The summed E-state index contributed by atoms with van der Waals surface area (Å²) in [6.45, 7) is -0.687. The minimum absolute atomic E-state index is 0.0477. The van der Waals surface area contributed by atoms with Gasteiger partial charge in [-0.25, -0.2) is 4.79 Å². The Morgan fingerprint density at radius 1 is 1.42 bits per heavy atom. The normalized spacial score (nSPS) is 9.42. The molecule has 12 heavy (non-hydrogen) atoms. The molecule has 0 bridgehead atoms. The fourth-order valence-electron chi connectivity index (χ4n) is 0.783. The van der Waals surface area contributed by atoms with Crippen LogP contribution >= 0.6 is 0 Å². The number of esters is 1. The average Bonchev–Trinajstić information content (AvgIpc) is 2.05. The molecule has 0 unspecified atom stereocenters.